The summed E-state index contributed by atoms with van der Waals surface area (Å²) < 4.78 is 7.00. The minimum atomic E-state index is -0.686. The summed E-state index contributed by atoms with van der Waals surface area (Å²) in [6.45, 7) is 4.08. The molecular weight excluding hydrogens is 442 g/mol. The topological polar surface area (TPSA) is 49.8 Å². The maximum atomic E-state index is 11.5. The second kappa shape index (κ2) is 9.19. The number of benzene rings is 3. The number of halogens is 1. The van der Waals surface area contributed by atoms with Crippen molar-refractivity contribution in [3.8, 4) is 5.75 Å². The fraction of sp³-hybridized carbons (Fsp3) is 0.320. The lowest BCUT2D eigenvalue weighted by Crippen LogP contribution is -2.39. The number of hydrogen-bond acceptors (Lipinski definition) is 3. The Balaban J connectivity index is 1.79. The van der Waals surface area contributed by atoms with Gasteiger partial charge in [0, 0.05) is 10.0 Å². The fourth-order valence-corrected chi connectivity index (χ4v) is 4.77. The van der Waals surface area contributed by atoms with Gasteiger partial charge in [-0.2, -0.15) is 0 Å². The van der Waals surface area contributed by atoms with Crippen molar-refractivity contribution in [1.29, 1.82) is 0 Å². The summed E-state index contributed by atoms with van der Waals surface area (Å²) in [6, 6.07) is 21.1. The molecule has 1 heterocycles. The van der Waals surface area contributed by atoms with Gasteiger partial charge in [0.05, 0.1) is 18.6 Å². The van der Waals surface area contributed by atoms with E-state index in [4.69, 9.17) is 4.74 Å². The summed E-state index contributed by atoms with van der Waals surface area (Å²) in [5, 5.41) is 11.8. The first-order valence-electron chi connectivity index (χ1n) is 10.4. The maximum Gasteiger partial charge on any atom is 0.306 e. The van der Waals surface area contributed by atoms with Gasteiger partial charge in [-0.3, -0.25) is 9.69 Å². The molecule has 1 N–H and O–H groups in total. The van der Waals surface area contributed by atoms with Crippen molar-refractivity contribution in [1.82, 2.24) is 4.90 Å². The number of carboxylic acid groups (broad SMARTS) is 1. The SMILES string of the molecule is CCOc1ccc(Br)cc1C(c1ccc2ccccc2c1)N1CCC(C(=O)O)CC1. The molecule has 0 radical (unpaired) electrons. The molecule has 5 heteroatoms. The Morgan fingerprint density at radius 1 is 1.10 bits per heavy atom. The van der Waals surface area contributed by atoms with E-state index in [0.717, 1.165) is 28.9 Å². The zero-order valence-electron chi connectivity index (χ0n) is 17.1. The third kappa shape index (κ3) is 4.37. The molecule has 0 bridgehead atoms. The minimum absolute atomic E-state index is 0.00315. The molecule has 0 spiro atoms. The number of nitrogens with zero attached hydrogens (tertiary/aromatic N) is 1. The van der Waals surface area contributed by atoms with Gasteiger partial charge in [0.25, 0.3) is 0 Å². The van der Waals surface area contributed by atoms with E-state index in [2.05, 4.69) is 69.4 Å². The summed E-state index contributed by atoms with van der Waals surface area (Å²) in [5.41, 5.74) is 2.30. The first-order valence-corrected chi connectivity index (χ1v) is 11.2. The number of ether oxygens (including phenoxy) is 1. The van der Waals surface area contributed by atoms with E-state index in [0.29, 0.717) is 19.4 Å². The summed E-state index contributed by atoms with van der Waals surface area (Å²) in [4.78, 5) is 13.9. The lowest BCUT2D eigenvalue weighted by Gasteiger charge is -2.37. The Bertz CT molecular complexity index is 1040. The van der Waals surface area contributed by atoms with Crippen LogP contribution in [0, 0.1) is 5.92 Å². The predicted octanol–water partition coefficient (Wildman–Crippen LogP) is 5.89. The molecule has 1 aliphatic heterocycles. The summed E-state index contributed by atoms with van der Waals surface area (Å²) >= 11 is 3.63. The molecule has 0 saturated carbocycles. The summed E-state index contributed by atoms with van der Waals surface area (Å²) in [5.74, 6) is -0.0686. The molecule has 30 heavy (non-hydrogen) atoms. The molecule has 156 valence electrons. The highest BCUT2D eigenvalue weighted by Crippen LogP contribution is 2.39. The molecule has 0 amide bonds. The third-order valence-corrected chi connectivity index (χ3v) is 6.39. The summed E-state index contributed by atoms with van der Waals surface area (Å²) in [7, 11) is 0. The molecule has 4 nitrogen and oxygen atoms in total. The van der Waals surface area contributed by atoms with E-state index < -0.39 is 5.97 Å². The second-order valence-corrected chi connectivity index (χ2v) is 8.69. The van der Waals surface area contributed by atoms with Crippen LogP contribution in [-0.4, -0.2) is 35.7 Å². The van der Waals surface area contributed by atoms with Crippen LogP contribution in [-0.2, 0) is 4.79 Å². The van der Waals surface area contributed by atoms with Crippen molar-refractivity contribution in [3.63, 3.8) is 0 Å². The van der Waals surface area contributed by atoms with Gasteiger partial charge in [-0.1, -0.05) is 52.3 Å². The average molecular weight is 468 g/mol. The van der Waals surface area contributed by atoms with E-state index in [1.807, 2.05) is 19.1 Å². The van der Waals surface area contributed by atoms with E-state index in [-0.39, 0.29) is 12.0 Å². The molecule has 1 unspecified atom stereocenters. The molecule has 1 saturated heterocycles. The second-order valence-electron chi connectivity index (χ2n) is 7.77. The Morgan fingerprint density at radius 2 is 1.83 bits per heavy atom. The number of aliphatic carboxylic acids is 1. The van der Waals surface area contributed by atoms with Gasteiger partial charge in [0.1, 0.15) is 5.75 Å². The zero-order valence-corrected chi connectivity index (χ0v) is 18.6. The smallest absolute Gasteiger partial charge is 0.306 e. The highest BCUT2D eigenvalue weighted by Gasteiger charge is 2.31. The first-order chi connectivity index (χ1) is 14.6. The lowest BCUT2D eigenvalue weighted by molar-refractivity contribution is -0.143. The normalized spacial score (nSPS) is 16.5. The first kappa shape index (κ1) is 20.9. The fourth-order valence-electron chi connectivity index (χ4n) is 4.39. The number of hydrogen-bond donors (Lipinski definition) is 1. The van der Waals surface area contributed by atoms with Gasteiger partial charge in [-0.25, -0.2) is 0 Å². The Labute approximate surface area is 185 Å². The predicted molar refractivity (Wildman–Crippen MR) is 123 cm³/mol. The number of piperidine rings is 1. The van der Waals surface area contributed by atoms with Gasteiger partial charge >= 0.3 is 5.97 Å². The Hall–Kier alpha value is -2.37. The van der Waals surface area contributed by atoms with Crippen LogP contribution in [0.4, 0.5) is 0 Å². The van der Waals surface area contributed by atoms with E-state index in [1.54, 1.807) is 0 Å². The largest absolute Gasteiger partial charge is 0.494 e. The molecule has 4 rings (SSSR count). The number of rotatable bonds is 6. The van der Waals surface area contributed by atoms with Crippen molar-refractivity contribution >= 4 is 32.7 Å². The lowest BCUT2D eigenvalue weighted by atomic mass is 9.90. The quantitative estimate of drug-likeness (QED) is 0.491. The van der Waals surface area contributed by atoms with Crippen LogP contribution >= 0.6 is 15.9 Å². The third-order valence-electron chi connectivity index (χ3n) is 5.90. The van der Waals surface area contributed by atoms with Crippen molar-refractivity contribution in [3.05, 3.63) is 76.3 Å². The molecule has 1 atom stereocenters. The highest BCUT2D eigenvalue weighted by atomic mass is 79.9. The highest BCUT2D eigenvalue weighted by molar-refractivity contribution is 9.10. The van der Waals surface area contributed by atoms with Crippen LogP contribution in [0.5, 0.6) is 5.75 Å². The molecule has 1 fully saturated rings. The summed E-state index contributed by atoms with van der Waals surface area (Å²) in [6.07, 6.45) is 1.33. The van der Waals surface area contributed by atoms with E-state index >= 15 is 0 Å². The molecule has 0 aliphatic carbocycles. The number of carbonyl (C=O) groups is 1. The van der Waals surface area contributed by atoms with Crippen LogP contribution in [0.15, 0.2) is 65.1 Å². The molecule has 0 aromatic heterocycles. The standard InChI is InChI=1S/C25H26BrNO3/c1-2-30-23-10-9-21(26)16-22(23)24(27-13-11-18(12-14-27)25(28)29)20-8-7-17-5-3-4-6-19(17)15-20/h3-10,15-16,18,24H,2,11-14H2,1H3,(H,28,29). The maximum absolute atomic E-state index is 11.5. The number of fused-ring (bicyclic) bond motifs is 1. The van der Waals surface area contributed by atoms with Crippen molar-refractivity contribution < 1.29 is 14.6 Å². The van der Waals surface area contributed by atoms with Crippen molar-refractivity contribution in [2.75, 3.05) is 19.7 Å². The van der Waals surface area contributed by atoms with Gasteiger partial charge in [0.15, 0.2) is 0 Å². The molecular formula is C25H26BrNO3. The van der Waals surface area contributed by atoms with Crippen molar-refractivity contribution in [2.45, 2.75) is 25.8 Å². The number of likely N-dealkylation sites (tertiary alicyclic amines) is 1. The van der Waals surface area contributed by atoms with Gasteiger partial charge in [0.2, 0.25) is 0 Å². The van der Waals surface area contributed by atoms with E-state index in [1.165, 1.54) is 16.3 Å². The average Bonchev–Trinajstić information content (AvgIpc) is 2.76. The minimum Gasteiger partial charge on any atom is -0.494 e. The van der Waals surface area contributed by atoms with Crippen molar-refractivity contribution in [2.24, 2.45) is 5.92 Å². The van der Waals surface area contributed by atoms with Crippen LogP contribution in [0.25, 0.3) is 10.8 Å². The molecule has 1 aliphatic rings. The Morgan fingerprint density at radius 3 is 2.53 bits per heavy atom. The number of carboxylic acids is 1. The van der Waals surface area contributed by atoms with Crippen LogP contribution in [0.3, 0.4) is 0 Å². The van der Waals surface area contributed by atoms with Gasteiger partial charge in [-0.15, -0.1) is 0 Å². The monoisotopic (exact) mass is 467 g/mol. The van der Waals surface area contributed by atoms with Gasteiger partial charge in [-0.05, 0) is 73.5 Å². The zero-order chi connectivity index (χ0) is 21.1. The Kier molecular flexibility index (Phi) is 6.40. The van der Waals surface area contributed by atoms with Crippen LogP contribution in [0.1, 0.15) is 36.9 Å². The van der Waals surface area contributed by atoms with E-state index in [9.17, 15) is 9.90 Å². The molecule has 3 aromatic carbocycles. The van der Waals surface area contributed by atoms with Crippen LogP contribution in [0.2, 0.25) is 0 Å². The van der Waals surface area contributed by atoms with Crippen LogP contribution < -0.4 is 4.74 Å². The molecule has 3 aromatic rings. The van der Waals surface area contributed by atoms with Gasteiger partial charge < -0.3 is 9.84 Å².